The molecule has 1 aromatic carbocycles. The zero-order valence-electron chi connectivity index (χ0n) is 10.6. The summed E-state index contributed by atoms with van der Waals surface area (Å²) in [5.74, 6) is -0.593. The van der Waals surface area contributed by atoms with Gasteiger partial charge in [0.25, 0.3) is 0 Å². The van der Waals surface area contributed by atoms with E-state index in [1.165, 1.54) is 0 Å². The van der Waals surface area contributed by atoms with E-state index in [1.807, 2.05) is 44.2 Å². The molecule has 0 radical (unpaired) electrons. The third-order valence-corrected chi connectivity index (χ3v) is 2.95. The van der Waals surface area contributed by atoms with Gasteiger partial charge < -0.3 is 9.47 Å². The Balaban J connectivity index is 2.08. The van der Waals surface area contributed by atoms with Gasteiger partial charge in [0.15, 0.2) is 5.79 Å². The molecule has 0 unspecified atom stereocenters. The summed E-state index contributed by atoms with van der Waals surface area (Å²) in [6.45, 7) is 4.19. The van der Waals surface area contributed by atoms with E-state index in [-0.39, 0.29) is 12.1 Å². The first kappa shape index (κ1) is 12.9. The standard InChI is InChI=1S/C13H17N3O2/c1-13(2)17-9-12(18-13)11(15-16-14)8-10-6-4-3-5-7-10/h3-7,11-12H,8-9H2,1-2H3/t11-,12-/m1/s1. The summed E-state index contributed by atoms with van der Waals surface area (Å²) >= 11 is 0. The molecule has 0 bridgehead atoms. The monoisotopic (exact) mass is 247 g/mol. The summed E-state index contributed by atoms with van der Waals surface area (Å²) in [5.41, 5.74) is 9.80. The van der Waals surface area contributed by atoms with Crippen molar-refractivity contribution in [2.75, 3.05) is 6.61 Å². The molecule has 0 aliphatic carbocycles. The van der Waals surface area contributed by atoms with Gasteiger partial charge in [-0.15, -0.1) is 0 Å². The molecule has 0 amide bonds. The van der Waals surface area contributed by atoms with E-state index in [0.717, 1.165) is 5.56 Å². The number of nitrogens with zero attached hydrogens (tertiary/aromatic N) is 3. The van der Waals surface area contributed by atoms with E-state index in [1.54, 1.807) is 0 Å². The van der Waals surface area contributed by atoms with Gasteiger partial charge in [-0.25, -0.2) is 0 Å². The molecule has 1 aliphatic rings. The second-order valence-corrected chi connectivity index (χ2v) is 4.83. The van der Waals surface area contributed by atoms with Gasteiger partial charge in [0, 0.05) is 4.91 Å². The Morgan fingerprint density at radius 2 is 2.17 bits per heavy atom. The van der Waals surface area contributed by atoms with E-state index in [4.69, 9.17) is 15.0 Å². The minimum atomic E-state index is -0.593. The number of hydrogen-bond donors (Lipinski definition) is 0. The molecule has 0 spiro atoms. The zero-order valence-corrected chi connectivity index (χ0v) is 10.6. The smallest absolute Gasteiger partial charge is 0.163 e. The average Bonchev–Trinajstić information content (AvgIpc) is 2.70. The molecule has 1 heterocycles. The fraction of sp³-hybridized carbons (Fsp3) is 0.538. The number of benzene rings is 1. The predicted molar refractivity (Wildman–Crippen MR) is 68.0 cm³/mol. The van der Waals surface area contributed by atoms with Gasteiger partial charge in [-0.3, -0.25) is 0 Å². The molecule has 18 heavy (non-hydrogen) atoms. The highest BCUT2D eigenvalue weighted by atomic mass is 16.7. The van der Waals surface area contributed by atoms with E-state index >= 15 is 0 Å². The van der Waals surface area contributed by atoms with Crippen molar-refractivity contribution in [1.82, 2.24) is 0 Å². The van der Waals surface area contributed by atoms with Gasteiger partial charge in [0.1, 0.15) is 0 Å². The third kappa shape index (κ3) is 3.23. The summed E-state index contributed by atoms with van der Waals surface area (Å²) in [6.07, 6.45) is 0.478. The molecule has 96 valence electrons. The lowest BCUT2D eigenvalue weighted by Gasteiger charge is -2.20. The van der Waals surface area contributed by atoms with Crippen LogP contribution < -0.4 is 0 Å². The molecule has 2 atom stereocenters. The Bertz CT molecular complexity index is 441. The van der Waals surface area contributed by atoms with Crippen LogP contribution in [0.3, 0.4) is 0 Å². The summed E-state index contributed by atoms with van der Waals surface area (Å²) in [5, 5.41) is 3.84. The van der Waals surface area contributed by atoms with Gasteiger partial charge >= 0.3 is 0 Å². The van der Waals surface area contributed by atoms with E-state index < -0.39 is 5.79 Å². The Kier molecular flexibility index (Phi) is 3.87. The maximum absolute atomic E-state index is 8.67. The molecule has 0 N–H and O–H groups in total. The molecule has 0 aromatic heterocycles. The zero-order chi connectivity index (χ0) is 13.0. The lowest BCUT2D eigenvalue weighted by molar-refractivity contribution is -0.140. The fourth-order valence-electron chi connectivity index (χ4n) is 2.07. The van der Waals surface area contributed by atoms with Crippen molar-refractivity contribution in [3.05, 3.63) is 46.3 Å². The highest BCUT2D eigenvalue weighted by Crippen LogP contribution is 2.26. The maximum Gasteiger partial charge on any atom is 0.163 e. The Morgan fingerprint density at radius 1 is 1.44 bits per heavy atom. The van der Waals surface area contributed by atoms with Crippen molar-refractivity contribution in [2.24, 2.45) is 5.11 Å². The number of azide groups is 1. The minimum Gasteiger partial charge on any atom is -0.348 e. The lowest BCUT2D eigenvalue weighted by Crippen LogP contribution is -2.30. The van der Waals surface area contributed by atoms with Crippen LogP contribution in [0.5, 0.6) is 0 Å². The van der Waals surface area contributed by atoms with Crippen LogP contribution in [-0.4, -0.2) is 24.5 Å². The Morgan fingerprint density at radius 3 is 2.72 bits per heavy atom. The van der Waals surface area contributed by atoms with E-state index in [9.17, 15) is 0 Å². The first-order valence-electron chi connectivity index (χ1n) is 6.00. The SMILES string of the molecule is CC1(C)OC[C@H]([C@@H](Cc2ccccc2)N=[N+]=[N-])O1. The topological polar surface area (TPSA) is 67.2 Å². The third-order valence-electron chi connectivity index (χ3n) is 2.95. The molecule has 1 aliphatic heterocycles. The average molecular weight is 247 g/mol. The summed E-state index contributed by atoms with van der Waals surface area (Å²) in [6, 6.07) is 9.70. The van der Waals surface area contributed by atoms with Crippen LogP contribution in [0.4, 0.5) is 0 Å². The van der Waals surface area contributed by atoms with Crippen LogP contribution in [0.15, 0.2) is 35.4 Å². The van der Waals surface area contributed by atoms with Crippen LogP contribution in [0.1, 0.15) is 19.4 Å². The number of hydrogen-bond acceptors (Lipinski definition) is 3. The molecule has 5 nitrogen and oxygen atoms in total. The van der Waals surface area contributed by atoms with Crippen LogP contribution in [0.2, 0.25) is 0 Å². The lowest BCUT2D eigenvalue weighted by atomic mass is 10.0. The highest BCUT2D eigenvalue weighted by molar-refractivity contribution is 5.16. The minimum absolute atomic E-state index is 0.184. The number of ether oxygens (including phenoxy) is 2. The van der Waals surface area contributed by atoms with E-state index in [2.05, 4.69) is 10.0 Å². The van der Waals surface area contributed by atoms with Crippen LogP contribution in [0, 0.1) is 0 Å². The van der Waals surface area contributed by atoms with Crippen LogP contribution >= 0.6 is 0 Å². The first-order chi connectivity index (χ1) is 8.61. The molecule has 1 saturated heterocycles. The second kappa shape index (κ2) is 5.40. The largest absolute Gasteiger partial charge is 0.348 e. The quantitative estimate of drug-likeness (QED) is 0.466. The van der Waals surface area contributed by atoms with Crippen molar-refractivity contribution in [1.29, 1.82) is 0 Å². The Hall–Kier alpha value is -1.55. The fourth-order valence-corrected chi connectivity index (χ4v) is 2.07. The molecule has 5 heteroatoms. The summed E-state index contributed by atoms with van der Waals surface area (Å²) < 4.78 is 11.3. The van der Waals surface area contributed by atoms with Crippen LogP contribution in [-0.2, 0) is 15.9 Å². The van der Waals surface area contributed by atoms with Gasteiger partial charge in [-0.1, -0.05) is 35.4 Å². The van der Waals surface area contributed by atoms with Crippen molar-refractivity contribution in [3.63, 3.8) is 0 Å². The molecule has 1 fully saturated rings. The van der Waals surface area contributed by atoms with Crippen LogP contribution in [0.25, 0.3) is 10.4 Å². The van der Waals surface area contributed by atoms with Gasteiger partial charge in [0.05, 0.1) is 18.8 Å². The molecule has 1 aromatic rings. The maximum atomic E-state index is 8.67. The van der Waals surface area contributed by atoms with Gasteiger partial charge in [0.2, 0.25) is 0 Å². The number of rotatable bonds is 4. The first-order valence-corrected chi connectivity index (χ1v) is 6.00. The highest BCUT2D eigenvalue weighted by Gasteiger charge is 2.36. The van der Waals surface area contributed by atoms with Crippen molar-refractivity contribution < 1.29 is 9.47 Å². The Labute approximate surface area is 106 Å². The van der Waals surface area contributed by atoms with E-state index in [0.29, 0.717) is 13.0 Å². The summed E-state index contributed by atoms with van der Waals surface area (Å²) in [7, 11) is 0. The molecule has 2 rings (SSSR count). The normalized spacial score (nSPS) is 23.3. The van der Waals surface area contributed by atoms with Gasteiger partial charge in [-0.05, 0) is 31.4 Å². The molecule has 0 saturated carbocycles. The van der Waals surface area contributed by atoms with Crippen molar-refractivity contribution in [3.8, 4) is 0 Å². The second-order valence-electron chi connectivity index (χ2n) is 4.83. The molecular formula is C13H17N3O2. The van der Waals surface area contributed by atoms with Crippen molar-refractivity contribution in [2.45, 2.75) is 38.2 Å². The molecular weight excluding hydrogens is 230 g/mol. The predicted octanol–water partition coefficient (Wildman–Crippen LogP) is 3.06. The summed E-state index contributed by atoms with van der Waals surface area (Å²) in [4.78, 5) is 2.91. The van der Waals surface area contributed by atoms with Crippen molar-refractivity contribution >= 4 is 0 Å². The van der Waals surface area contributed by atoms with Gasteiger partial charge in [-0.2, -0.15) is 0 Å².